The molecule has 0 bridgehead atoms. The first kappa shape index (κ1) is 12.2. The number of hydrogen-bond acceptors (Lipinski definition) is 5. The maximum Gasteiger partial charge on any atom is 0.184 e. The fraction of sp³-hybridized carbons (Fsp3) is 0.364. The zero-order valence-corrected chi connectivity index (χ0v) is 11.8. The van der Waals surface area contributed by atoms with Crippen LogP contribution >= 0.6 is 22.9 Å². The summed E-state index contributed by atoms with van der Waals surface area (Å²) in [6.07, 6.45) is 0.645. The van der Waals surface area contributed by atoms with Gasteiger partial charge in [0.05, 0.1) is 26.7 Å². The van der Waals surface area contributed by atoms with E-state index in [0.29, 0.717) is 11.4 Å². The average molecular weight is 303 g/mol. The first-order valence-electron chi connectivity index (χ1n) is 5.55. The molecule has 1 aliphatic heterocycles. The molecule has 4 nitrogen and oxygen atoms in total. The molecule has 1 unspecified atom stereocenters. The minimum atomic E-state index is -2.87. The van der Waals surface area contributed by atoms with Crippen molar-refractivity contribution in [3.63, 3.8) is 0 Å². The van der Waals surface area contributed by atoms with E-state index in [2.05, 4.69) is 10.3 Å². The molecule has 0 radical (unpaired) electrons. The molecule has 1 aromatic heterocycles. The van der Waals surface area contributed by atoms with Crippen molar-refractivity contribution in [1.82, 2.24) is 4.98 Å². The van der Waals surface area contributed by atoms with E-state index < -0.39 is 9.84 Å². The zero-order valence-electron chi connectivity index (χ0n) is 9.39. The molecular weight excluding hydrogens is 292 g/mol. The number of anilines is 1. The van der Waals surface area contributed by atoms with E-state index in [1.165, 1.54) is 11.3 Å². The summed E-state index contributed by atoms with van der Waals surface area (Å²) in [5, 5.41) is 4.60. The van der Waals surface area contributed by atoms with Crippen molar-refractivity contribution in [2.24, 2.45) is 0 Å². The SMILES string of the molecule is O=S1(=O)CCC(Nc2nc3cccc(Cl)c3s2)C1. The topological polar surface area (TPSA) is 59.1 Å². The van der Waals surface area contributed by atoms with Gasteiger partial charge in [-0.15, -0.1) is 0 Å². The van der Waals surface area contributed by atoms with Crippen molar-refractivity contribution in [3.8, 4) is 0 Å². The van der Waals surface area contributed by atoms with Crippen LogP contribution in [-0.4, -0.2) is 30.9 Å². The maximum atomic E-state index is 11.4. The summed E-state index contributed by atoms with van der Waals surface area (Å²) in [5.41, 5.74) is 0.843. The molecule has 0 aliphatic carbocycles. The Balaban J connectivity index is 1.86. The maximum absolute atomic E-state index is 11.4. The molecule has 0 saturated carbocycles. The van der Waals surface area contributed by atoms with Crippen molar-refractivity contribution >= 4 is 48.1 Å². The molecule has 18 heavy (non-hydrogen) atoms. The minimum Gasteiger partial charge on any atom is -0.358 e. The largest absolute Gasteiger partial charge is 0.358 e. The van der Waals surface area contributed by atoms with Crippen LogP contribution in [0.15, 0.2) is 18.2 Å². The lowest BCUT2D eigenvalue weighted by Crippen LogP contribution is -2.20. The Labute approximate surface area is 114 Å². The van der Waals surface area contributed by atoms with Gasteiger partial charge in [-0.05, 0) is 18.6 Å². The predicted octanol–water partition coefficient (Wildman–Crippen LogP) is 2.55. The van der Waals surface area contributed by atoms with Gasteiger partial charge in [-0.3, -0.25) is 0 Å². The van der Waals surface area contributed by atoms with Crippen LogP contribution in [0.4, 0.5) is 5.13 Å². The van der Waals surface area contributed by atoms with Gasteiger partial charge in [0.15, 0.2) is 15.0 Å². The highest BCUT2D eigenvalue weighted by Gasteiger charge is 2.28. The molecule has 1 aliphatic rings. The molecule has 96 valence electrons. The number of aromatic nitrogens is 1. The summed E-state index contributed by atoms with van der Waals surface area (Å²) >= 11 is 7.54. The van der Waals surface area contributed by atoms with Gasteiger partial charge in [-0.25, -0.2) is 13.4 Å². The third-order valence-electron chi connectivity index (χ3n) is 2.93. The number of benzene rings is 1. The van der Waals surface area contributed by atoms with Gasteiger partial charge in [0.25, 0.3) is 0 Å². The second-order valence-electron chi connectivity index (χ2n) is 4.35. The second-order valence-corrected chi connectivity index (χ2v) is 7.99. The number of halogens is 1. The first-order chi connectivity index (χ1) is 8.53. The van der Waals surface area contributed by atoms with E-state index in [-0.39, 0.29) is 17.5 Å². The Morgan fingerprint density at radius 1 is 1.44 bits per heavy atom. The minimum absolute atomic E-state index is 0.0330. The van der Waals surface area contributed by atoms with E-state index in [0.717, 1.165) is 15.3 Å². The van der Waals surface area contributed by atoms with Crippen LogP contribution in [-0.2, 0) is 9.84 Å². The van der Waals surface area contributed by atoms with Gasteiger partial charge in [0.1, 0.15) is 0 Å². The van der Waals surface area contributed by atoms with E-state index >= 15 is 0 Å². The number of nitrogens with one attached hydrogen (secondary N) is 1. The van der Waals surface area contributed by atoms with Crippen molar-refractivity contribution in [3.05, 3.63) is 23.2 Å². The molecular formula is C11H11ClN2O2S2. The highest BCUT2D eigenvalue weighted by molar-refractivity contribution is 7.91. The van der Waals surface area contributed by atoms with Crippen molar-refractivity contribution in [2.45, 2.75) is 12.5 Å². The molecule has 0 spiro atoms. The van der Waals surface area contributed by atoms with Crippen molar-refractivity contribution in [1.29, 1.82) is 0 Å². The molecule has 1 atom stereocenters. The fourth-order valence-corrected chi connectivity index (χ4v) is 4.97. The molecule has 1 N–H and O–H groups in total. The Morgan fingerprint density at radius 2 is 2.28 bits per heavy atom. The fourth-order valence-electron chi connectivity index (χ4n) is 2.06. The number of thiazole rings is 1. The number of fused-ring (bicyclic) bond motifs is 1. The van der Waals surface area contributed by atoms with Crippen LogP contribution in [0.1, 0.15) is 6.42 Å². The van der Waals surface area contributed by atoms with Crippen LogP contribution in [0.3, 0.4) is 0 Å². The summed E-state index contributed by atoms with van der Waals surface area (Å²) in [6, 6.07) is 5.54. The quantitative estimate of drug-likeness (QED) is 0.926. The normalized spacial score (nSPS) is 22.4. The molecule has 2 aromatic rings. The summed E-state index contributed by atoms with van der Waals surface area (Å²) in [6.45, 7) is 0. The van der Waals surface area contributed by atoms with Gasteiger partial charge in [-0.2, -0.15) is 0 Å². The highest BCUT2D eigenvalue weighted by atomic mass is 35.5. The molecule has 7 heteroatoms. The van der Waals surface area contributed by atoms with Gasteiger partial charge in [0.2, 0.25) is 0 Å². The smallest absolute Gasteiger partial charge is 0.184 e. The van der Waals surface area contributed by atoms with Crippen LogP contribution in [0.25, 0.3) is 10.2 Å². The number of nitrogens with zero attached hydrogens (tertiary/aromatic N) is 1. The van der Waals surface area contributed by atoms with Crippen LogP contribution < -0.4 is 5.32 Å². The van der Waals surface area contributed by atoms with Gasteiger partial charge >= 0.3 is 0 Å². The lowest BCUT2D eigenvalue weighted by Gasteiger charge is -2.07. The number of rotatable bonds is 2. The van der Waals surface area contributed by atoms with Gasteiger partial charge < -0.3 is 5.32 Å². The lowest BCUT2D eigenvalue weighted by atomic mass is 10.3. The van der Waals surface area contributed by atoms with Gasteiger partial charge in [0, 0.05) is 6.04 Å². The Hall–Kier alpha value is -0.850. The molecule has 1 saturated heterocycles. The standard InChI is InChI=1S/C11H11ClN2O2S2/c12-8-2-1-3-9-10(8)17-11(14-9)13-7-4-5-18(15,16)6-7/h1-3,7H,4-6H2,(H,13,14). The Kier molecular flexibility index (Phi) is 2.96. The summed E-state index contributed by atoms with van der Waals surface area (Å²) in [4.78, 5) is 4.41. The molecule has 1 fully saturated rings. The molecule has 0 amide bonds. The number of hydrogen-bond donors (Lipinski definition) is 1. The lowest BCUT2D eigenvalue weighted by molar-refractivity contribution is 0.602. The average Bonchev–Trinajstić information content (AvgIpc) is 2.83. The zero-order chi connectivity index (χ0) is 12.8. The summed E-state index contributed by atoms with van der Waals surface area (Å²) in [7, 11) is -2.87. The summed E-state index contributed by atoms with van der Waals surface area (Å²) in [5.74, 6) is 0.451. The Bertz CT molecular complexity index is 696. The van der Waals surface area contributed by atoms with E-state index in [4.69, 9.17) is 11.6 Å². The van der Waals surface area contributed by atoms with Crippen LogP contribution in [0.2, 0.25) is 5.02 Å². The van der Waals surface area contributed by atoms with E-state index in [1.807, 2.05) is 18.2 Å². The van der Waals surface area contributed by atoms with Gasteiger partial charge in [-0.1, -0.05) is 29.0 Å². The summed E-state index contributed by atoms with van der Waals surface area (Å²) < 4.78 is 23.7. The van der Waals surface area contributed by atoms with Crippen molar-refractivity contribution < 1.29 is 8.42 Å². The monoisotopic (exact) mass is 302 g/mol. The van der Waals surface area contributed by atoms with Crippen LogP contribution in [0, 0.1) is 0 Å². The van der Waals surface area contributed by atoms with Crippen molar-refractivity contribution in [2.75, 3.05) is 16.8 Å². The predicted molar refractivity (Wildman–Crippen MR) is 75.3 cm³/mol. The van der Waals surface area contributed by atoms with E-state index in [1.54, 1.807) is 0 Å². The Morgan fingerprint density at radius 3 is 2.94 bits per heavy atom. The third kappa shape index (κ3) is 2.32. The third-order valence-corrected chi connectivity index (χ3v) is 6.16. The van der Waals surface area contributed by atoms with Crippen LogP contribution in [0.5, 0.6) is 0 Å². The molecule has 3 rings (SSSR count). The highest BCUT2D eigenvalue weighted by Crippen LogP contribution is 2.32. The first-order valence-corrected chi connectivity index (χ1v) is 8.57. The molecule has 2 heterocycles. The molecule has 1 aromatic carbocycles. The number of sulfone groups is 1. The second kappa shape index (κ2) is 4.36. The van der Waals surface area contributed by atoms with E-state index in [9.17, 15) is 8.42 Å².